The van der Waals surface area contributed by atoms with Crippen molar-refractivity contribution in [3.8, 4) is 11.1 Å². The fourth-order valence-corrected chi connectivity index (χ4v) is 3.56. The number of hydrogen-bond donors (Lipinski definition) is 0. The summed E-state index contributed by atoms with van der Waals surface area (Å²) in [5.41, 5.74) is 6.96. The van der Waals surface area contributed by atoms with Gasteiger partial charge in [0, 0.05) is 5.92 Å². The molecule has 0 radical (unpaired) electrons. The third-order valence-electron chi connectivity index (χ3n) is 5.00. The van der Waals surface area contributed by atoms with Crippen LogP contribution in [0.4, 0.5) is 0 Å². The molecule has 0 N–H and O–H groups in total. The van der Waals surface area contributed by atoms with Gasteiger partial charge in [0.1, 0.15) is 6.29 Å². The first-order valence-electron chi connectivity index (χ1n) is 8.92. The van der Waals surface area contributed by atoms with Crippen molar-refractivity contribution in [1.29, 1.82) is 0 Å². The first-order chi connectivity index (χ1) is 12.8. The Bertz CT molecular complexity index is 948. The van der Waals surface area contributed by atoms with Crippen LogP contribution in [-0.2, 0) is 4.79 Å². The van der Waals surface area contributed by atoms with Crippen LogP contribution in [0.5, 0.6) is 0 Å². The Hall–Kier alpha value is -3.19. The van der Waals surface area contributed by atoms with Crippen molar-refractivity contribution in [3.05, 3.63) is 114 Å². The molecule has 0 saturated heterocycles. The highest BCUT2D eigenvalue weighted by atomic mass is 16.1. The standard InChI is InChI=1S/C25H20O/c26-18-24-16-15-23(17-25(24)22-9-5-2-6-10-22)21-13-11-20(12-14-21)19-7-3-1-4-8-19/h1-16,18,25H,17H2. The molecule has 0 aromatic heterocycles. The van der Waals surface area contributed by atoms with Crippen molar-refractivity contribution in [2.75, 3.05) is 0 Å². The molecule has 3 aromatic rings. The zero-order valence-electron chi connectivity index (χ0n) is 14.5. The molecule has 0 spiro atoms. The van der Waals surface area contributed by atoms with Gasteiger partial charge in [-0.05, 0) is 39.8 Å². The normalized spacial score (nSPS) is 16.5. The molecular weight excluding hydrogens is 316 g/mol. The molecule has 4 rings (SSSR count). The van der Waals surface area contributed by atoms with Crippen molar-refractivity contribution in [3.63, 3.8) is 0 Å². The van der Waals surface area contributed by atoms with Gasteiger partial charge in [-0.2, -0.15) is 0 Å². The minimum Gasteiger partial charge on any atom is -0.298 e. The Morgan fingerprint density at radius 1 is 0.654 bits per heavy atom. The lowest BCUT2D eigenvalue weighted by Gasteiger charge is -2.23. The zero-order valence-corrected chi connectivity index (χ0v) is 14.5. The molecule has 1 aliphatic carbocycles. The summed E-state index contributed by atoms with van der Waals surface area (Å²) in [6.45, 7) is 0. The van der Waals surface area contributed by atoms with Gasteiger partial charge in [-0.1, -0.05) is 97.1 Å². The van der Waals surface area contributed by atoms with Crippen LogP contribution in [-0.4, -0.2) is 6.29 Å². The highest BCUT2D eigenvalue weighted by molar-refractivity contribution is 5.82. The maximum Gasteiger partial charge on any atom is 0.146 e. The molecule has 0 saturated carbocycles. The van der Waals surface area contributed by atoms with Gasteiger partial charge in [-0.15, -0.1) is 0 Å². The molecule has 1 heteroatoms. The van der Waals surface area contributed by atoms with Crippen LogP contribution in [0.25, 0.3) is 16.7 Å². The van der Waals surface area contributed by atoms with E-state index in [1.165, 1.54) is 27.8 Å². The summed E-state index contributed by atoms with van der Waals surface area (Å²) in [6.07, 6.45) is 5.89. The van der Waals surface area contributed by atoms with Gasteiger partial charge in [-0.25, -0.2) is 0 Å². The van der Waals surface area contributed by atoms with E-state index in [1.54, 1.807) is 0 Å². The molecule has 0 bridgehead atoms. The van der Waals surface area contributed by atoms with Crippen LogP contribution in [0.1, 0.15) is 23.5 Å². The first-order valence-corrected chi connectivity index (χ1v) is 8.92. The summed E-state index contributed by atoms with van der Waals surface area (Å²) in [5, 5.41) is 0. The van der Waals surface area contributed by atoms with Crippen LogP contribution >= 0.6 is 0 Å². The second-order valence-electron chi connectivity index (χ2n) is 6.59. The molecule has 1 nitrogen and oxygen atoms in total. The lowest BCUT2D eigenvalue weighted by Crippen LogP contribution is -2.08. The fraction of sp³-hybridized carbons (Fsp3) is 0.0800. The maximum atomic E-state index is 11.5. The summed E-state index contributed by atoms with van der Waals surface area (Å²) in [5.74, 6) is 0.127. The summed E-state index contributed by atoms with van der Waals surface area (Å²) in [4.78, 5) is 11.5. The van der Waals surface area contributed by atoms with Crippen LogP contribution < -0.4 is 0 Å². The molecular formula is C25H20O. The van der Waals surface area contributed by atoms with Crippen LogP contribution in [0.15, 0.2) is 103 Å². The maximum absolute atomic E-state index is 11.5. The molecule has 0 amide bonds. The number of allylic oxidation sites excluding steroid dienone is 4. The number of benzene rings is 3. The van der Waals surface area contributed by atoms with Crippen molar-refractivity contribution in [1.82, 2.24) is 0 Å². The number of rotatable bonds is 4. The van der Waals surface area contributed by atoms with Gasteiger partial charge in [0.25, 0.3) is 0 Å². The summed E-state index contributed by atoms with van der Waals surface area (Å²) in [6, 6.07) is 29.4. The van der Waals surface area contributed by atoms with E-state index < -0.39 is 0 Å². The van der Waals surface area contributed by atoms with Crippen molar-refractivity contribution < 1.29 is 4.79 Å². The van der Waals surface area contributed by atoms with Crippen molar-refractivity contribution in [2.24, 2.45) is 0 Å². The zero-order chi connectivity index (χ0) is 17.8. The molecule has 3 aromatic carbocycles. The van der Waals surface area contributed by atoms with Gasteiger partial charge < -0.3 is 0 Å². The van der Waals surface area contributed by atoms with E-state index in [0.29, 0.717) is 0 Å². The van der Waals surface area contributed by atoms with Gasteiger partial charge in [-0.3, -0.25) is 4.79 Å². The van der Waals surface area contributed by atoms with E-state index in [2.05, 4.69) is 66.7 Å². The van der Waals surface area contributed by atoms with Gasteiger partial charge in [0.15, 0.2) is 0 Å². The Labute approximate surface area is 154 Å². The van der Waals surface area contributed by atoms with E-state index >= 15 is 0 Å². The van der Waals surface area contributed by atoms with Crippen LogP contribution in [0, 0.1) is 0 Å². The lowest BCUT2D eigenvalue weighted by molar-refractivity contribution is -0.105. The summed E-state index contributed by atoms with van der Waals surface area (Å²) < 4.78 is 0. The van der Waals surface area contributed by atoms with Gasteiger partial charge >= 0.3 is 0 Å². The van der Waals surface area contributed by atoms with E-state index in [-0.39, 0.29) is 5.92 Å². The molecule has 1 aliphatic rings. The van der Waals surface area contributed by atoms with E-state index in [1.807, 2.05) is 30.3 Å². The average molecular weight is 336 g/mol. The lowest BCUT2D eigenvalue weighted by atomic mass is 9.80. The fourth-order valence-electron chi connectivity index (χ4n) is 3.56. The molecule has 126 valence electrons. The van der Waals surface area contributed by atoms with E-state index in [0.717, 1.165) is 18.3 Å². The van der Waals surface area contributed by atoms with E-state index in [4.69, 9.17) is 0 Å². The van der Waals surface area contributed by atoms with Crippen LogP contribution in [0.2, 0.25) is 0 Å². The number of aldehydes is 1. The Morgan fingerprint density at radius 2 is 1.23 bits per heavy atom. The third kappa shape index (κ3) is 3.29. The number of carbonyl (C=O) groups is 1. The van der Waals surface area contributed by atoms with Gasteiger partial charge in [0.2, 0.25) is 0 Å². The quantitative estimate of drug-likeness (QED) is 0.530. The highest BCUT2D eigenvalue weighted by Crippen LogP contribution is 2.37. The van der Waals surface area contributed by atoms with Gasteiger partial charge in [0.05, 0.1) is 0 Å². The topological polar surface area (TPSA) is 17.1 Å². The molecule has 0 aliphatic heterocycles. The smallest absolute Gasteiger partial charge is 0.146 e. The molecule has 0 fully saturated rings. The minimum atomic E-state index is 0.127. The molecule has 26 heavy (non-hydrogen) atoms. The number of carbonyl (C=O) groups excluding carboxylic acids is 1. The number of hydrogen-bond acceptors (Lipinski definition) is 1. The Morgan fingerprint density at radius 3 is 1.88 bits per heavy atom. The highest BCUT2D eigenvalue weighted by Gasteiger charge is 2.21. The Balaban J connectivity index is 1.63. The van der Waals surface area contributed by atoms with Crippen molar-refractivity contribution in [2.45, 2.75) is 12.3 Å². The molecule has 1 atom stereocenters. The monoisotopic (exact) mass is 336 g/mol. The Kier molecular flexibility index (Phi) is 4.61. The summed E-state index contributed by atoms with van der Waals surface area (Å²) in [7, 11) is 0. The molecule has 0 heterocycles. The largest absolute Gasteiger partial charge is 0.298 e. The second kappa shape index (κ2) is 7.37. The van der Waals surface area contributed by atoms with E-state index in [9.17, 15) is 4.79 Å². The first kappa shape index (κ1) is 16.3. The second-order valence-corrected chi connectivity index (χ2v) is 6.59. The SMILES string of the molecule is O=CC1=CC=C(c2ccc(-c3ccccc3)cc2)CC1c1ccccc1. The molecule has 1 unspecified atom stereocenters. The average Bonchev–Trinajstić information content (AvgIpc) is 2.75. The minimum absolute atomic E-state index is 0.127. The predicted octanol–water partition coefficient (Wildman–Crippen LogP) is 6.05. The van der Waals surface area contributed by atoms with Crippen LogP contribution in [0.3, 0.4) is 0 Å². The van der Waals surface area contributed by atoms with Crippen molar-refractivity contribution >= 4 is 11.9 Å². The third-order valence-corrected chi connectivity index (χ3v) is 5.00. The predicted molar refractivity (Wildman–Crippen MR) is 108 cm³/mol. The summed E-state index contributed by atoms with van der Waals surface area (Å²) >= 11 is 0.